The lowest BCUT2D eigenvalue weighted by molar-refractivity contribution is 0.0371. The molecule has 2 aromatic rings. The molecule has 4 rings (SSSR count). The summed E-state index contributed by atoms with van der Waals surface area (Å²) in [4.78, 5) is 30.3. The molecule has 1 saturated heterocycles. The quantitative estimate of drug-likeness (QED) is 0.581. The number of nitrogens with one attached hydrogen (secondary N) is 1. The predicted octanol–water partition coefficient (Wildman–Crippen LogP) is 2.38. The summed E-state index contributed by atoms with van der Waals surface area (Å²) < 4.78 is 13.1. The summed E-state index contributed by atoms with van der Waals surface area (Å²) in [6, 6.07) is 5.55. The van der Waals surface area contributed by atoms with Crippen LogP contribution in [-0.4, -0.2) is 72.4 Å². The van der Waals surface area contributed by atoms with Gasteiger partial charge >= 0.3 is 0 Å². The maximum atomic E-state index is 13.1. The lowest BCUT2D eigenvalue weighted by Crippen LogP contribution is -2.47. The maximum absolute atomic E-state index is 13.1. The standard InChI is InChI=1S/C24H33N5O4/c1-4-8-29-19-15-27(3)26-22(19)24(31)25-23(29)18-14-17(6-7-21(18)33-11-5-2)20(30)16-28-9-12-32-13-10-28/h6-7,14-15,23H,4-5,8-13,16H2,1-3H3,(H,25,31). The minimum Gasteiger partial charge on any atom is -0.493 e. The fraction of sp³-hybridized carbons (Fsp3) is 0.542. The molecule has 1 aromatic heterocycles. The Hall–Kier alpha value is -2.91. The zero-order valence-electron chi connectivity index (χ0n) is 19.7. The van der Waals surface area contributed by atoms with Gasteiger partial charge in [0.2, 0.25) is 0 Å². The van der Waals surface area contributed by atoms with E-state index in [0.717, 1.165) is 43.7 Å². The minimum atomic E-state index is -0.447. The number of carbonyl (C=O) groups is 2. The number of morpholine rings is 1. The molecule has 1 aromatic carbocycles. The number of rotatable bonds is 9. The number of hydrogen-bond donors (Lipinski definition) is 1. The van der Waals surface area contributed by atoms with Crippen molar-refractivity contribution in [2.75, 3.05) is 50.9 Å². The van der Waals surface area contributed by atoms with E-state index in [2.05, 4.69) is 27.1 Å². The van der Waals surface area contributed by atoms with E-state index in [-0.39, 0.29) is 11.7 Å². The first kappa shape index (κ1) is 23.3. The number of fused-ring (bicyclic) bond motifs is 1. The van der Waals surface area contributed by atoms with E-state index in [1.54, 1.807) is 4.68 Å². The van der Waals surface area contributed by atoms with Crippen molar-refractivity contribution in [1.29, 1.82) is 0 Å². The summed E-state index contributed by atoms with van der Waals surface area (Å²) in [7, 11) is 1.81. The Labute approximate surface area is 194 Å². The number of ether oxygens (including phenoxy) is 2. The Balaban J connectivity index is 1.69. The molecule has 0 radical (unpaired) electrons. The van der Waals surface area contributed by atoms with E-state index in [4.69, 9.17) is 9.47 Å². The molecule has 33 heavy (non-hydrogen) atoms. The molecular formula is C24H33N5O4. The van der Waals surface area contributed by atoms with Gasteiger partial charge in [-0.15, -0.1) is 0 Å². The van der Waals surface area contributed by atoms with Crippen LogP contribution in [0.1, 0.15) is 59.3 Å². The minimum absolute atomic E-state index is 0.0476. The summed E-state index contributed by atoms with van der Waals surface area (Å²) in [5.41, 5.74) is 2.60. The van der Waals surface area contributed by atoms with Crippen LogP contribution in [0.3, 0.4) is 0 Å². The van der Waals surface area contributed by atoms with Gasteiger partial charge in [-0.3, -0.25) is 19.2 Å². The Bertz CT molecular complexity index is 999. The first-order valence-electron chi connectivity index (χ1n) is 11.7. The monoisotopic (exact) mass is 455 g/mol. The molecule has 178 valence electrons. The third-order valence-corrected chi connectivity index (χ3v) is 5.94. The highest BCUT2D eigenvalue weighted by Crippen LogP contribution is 2.37. The molecule has 0 bridgehead atoms. The molecule has 2 aliphatic heterocycles. The molecule has 1 N–H and O–H groups in total. The van der Waals surface area contributed by atoms with Gasteiger partial charge in [-0.2, -0.15) is 5.10 Å². The number of carbonyl (C=O) groups excluding carboxylic acids is 2. The average molecular weight is 456 g/mol. The predicted molar refractivity (Wildman–Crippen MR) is 125 cm³/mol. The molecule has 1 unspecified atom stereocenters. The third kappa shape index (κ3) is 5.04. The van der Waals surface area contributed by atoms with Crippen LogP contribution in [0, 0.1) is 0 Å². The molecule has 1 amide bonds. The van der Waals surface area contributed by atoms with Crippen molar-refractivity contribution in [3.63, 3.8) is 0 Å². The van der Waals surface area contributed by atoms with Crippen molar-refractivity contribution < 1.29 is 19.1 Å². The Morgan fingerprint density at radius 3 is 2.76 bits per heavy atom. The zero-order valence-corrected chi connectivity index (χ0v) is 19.7. The van der Waals surface area contributed by atoms with Crippen LogP contribution in [0.2, 0.25) is 0 Å². The molecule has 1 atom stereocenters. The molecule has 1 fully saturated rings. The zero-order chi connectivity index (χ0) is 23.4. The second-order valence-corrected chi connectivity index (χ2v) is 8.52. The van der Waals surface area contributed by atoms with Crippen LogP contribution < -0.4 is 15.0 Å². The fourth-order valence-electron chi connectivity index (χ4n) is 4.33. The van der Waals surface area contributed by atoms with Crippen LogP contribution in [0.5, 0.6) is 5.75 Å². The summed E-state index contributed by atoms with van der Waals surface area (Å²) in [5.74, 6) is 0.499. The van der Waals surface area contributed by atoms with Crippen LogP contribution in [0.4, 0.5) is 5.69 Å². The summed E-state index contributed by atoms with van der Waals surface area (Å²) >= 11 is 0. The van der Waals surface area contributed by atoms with E-state index in [1.165, 1.54) is 0 Å². The molecule has 9 heteroatoms. The number of aromatic nitrogens is 2. The first-order chi connectivity index (χ1) is 16.0. The lowest BCUT2D eigenvalue weighted by Gasteiger charge is -2.37. The van der Waals surface area contributed by atoms with Crippen LogP contribution >= 0.6 is 0 Å². The number of benzene rings is 1. The molecular weight excluding hydrogens is 422 g/mol. The van der Waals surface area contributed by atoms with Gasteiger partial charge in [0.1, 0.15) is 11.9 Å². The Kier molecular flexibility index (Phi) is 7.29. The third-order valence-electron chi connectivity index (χ3n) is 5.94. The smallest absolute Gasteiger partial charge is 0.275 e. The van der Waals surface area contributed by atoms with E-state index in [1.807, 2.05) is 38.4 Å². The molecule has 2 aliphatic rings. The number of ketones is 1. The van der Waals surface area contributed by atoms with Gasteiger partial charge < -0.3 is 19.7 Å². The summed E-state index contributed by atoms with van der Waals surface area (Å²) in [5, 5.41) is 7.43. The van der Waals surface area contributed by atoms with E-state index in [9.17, 15) is 9.59 Å². The van der Waals surface area contributed by atoms with Crippen molar-refractivity contribution in [3.8, 4) is 5.75 Å². The highest BCUT2D eigenvalue weighted by atomic mass is 16.5. The molecule has 0 aliphatic carbocycles. The maximum Gasteiger partial charge on any atom is 0.275 e. The highest BCUT2D eigenvalue weighted by molar-refractivity contribution is 6.01. The molecule has 3 heterocycles. The number of aryl methyl sites for hydroxylation is 1. The second-order valence-electron chi connectivity index (χ2n) is 8.52. The second kappa shape index (κ2) is 10.4. The SMILES string of the molecule is CCCOc1ccc(C(=O)CN2CCOCC2)cc1C1NC(=O)c2nn(C)cc2N1CCC. The van der Waals surface area contributed by atoms with E-state index in [0.29, 0.717) is 43.4 Å². The van der Waals surface area contributed by atoms with Crippen molar-refractivity contribution in [2.24, 2.45) is 7.05 Å². The Morgan fingerprint density at radius 1 is 1.24 bits per heavy atom. The van der Waals surface area contributed by atoms with Gasteiger partial charge in [0.15, 0.2) is 11.5 Å². The van der Waals surface area contributed by atoms with Gasteiger partial charge in [0.05, 0.1) is 32.1 Å². The molecule has 0 saturated carbocycles. The van der Waals surface area contributed by atoms with Gasteiger partial charge in [-0.25, -0.2) is 0 Å². The van der Waals surface area contributed by atoms with Crippen LogP contribution in [0.25, 0.3) is 0 Å². The van der Waals surface area contributed by atoms with Crippen molar-refractivity contribution in [2.45, 2.75) is 32.9 Å². The number of nitrogens with zero attached hydrogens (tertiary/aromatic N) is 4. The fourth-order valence-corrected chi connectivity index (χ4v) is 4.33. The Morgan fingerprint density at radius 2 is 2.03 bits per heavy atom. The number of amides is 1. The number of Topliss-reactive ketones (excluding diaryl/α,β-unsaturated/α-hetero) is 1. The molecule has 9 nitrogen and oxygen atoms in total. The van der Waals surface area contributed by atoms with Crippen molar-refractivity contribution in [3.05, 3.63) is 41.2 Å². The van der Waals surface area contributed by atoms with Gasteiger partial charge in [0.25, 0.3) is 5.91 Å². The normalized spacial score (nSPS) is 18.7. The van der Waals surface area contributed by atoms with E-state index < -0.39 is 6.17 Å². The summed E-state index contributed by atoms with van der Waals surface area (Å²) in [6.45, 7) is 8.58. The lowest BCUT2D eigenvalue weighted by atomic mass is 10.0. The topological polar surface area (TPSA) is 88.9 Å². The van der Waals surface area contributed by atoms with Gasteiger partial charge in [0, 0.05) is 44.0 Å². The highest BCUT2D eigenvalue weighted by Gasteiger charge is 2.35. The van der Waals surface area contributed by atoms with Crippen molar-refractivity contribution >= 4 is 17.4 Å². The van der Waals surface area contributed by atoms with Crippen LogP contribution in [0.15, 0.2) is 24.4 Å². The number of anilines is 1. The van der Waals surface area contributed by atoms with Gasteiger partial charge in [-0.1, -0.05) is 13.8 Å². The average Bonchev–Trinajstić information content (AvgIpc) is 3.22. The van der Waals surface area contributed by atoms with Gasteiger partial charge in [-0.05, 0) is 31.0 Å². The summed E-state index contributed by atoms with van der Waals surface area (Å²) in [6.07, 6.45) is 3.18. The first-order valence-corrected chi connectivity index (χ1v) is 11.7. The largest absolute Gasteiger partial charge is 0.493 e. The number of hydrogen-bond acceptors (Lipinski definition) is 7. The van der Waals surface area contributed by atoms with Crippen molar-refractivity contribution in [1.82, 2.24) is 20.0 Å². The molecule has 0 spiro atoms. The van der Waals surface area contributed by atoms with E-state index >= 15 is 0 Å². The van der Waals surface area contributed by atoms with Crippen LogP contribution in [-0.2, 0) is 11.8 Å².